The molecule has 19 nitrogen and oxygen atoms in total. The summed E-state index contributed by atoms with van der Waals surface area (Å²) in [7, 11) is -15.8. The number of ether oxygens (including phenoxy) is 4. The van der Waals surface area contributed by atoms with E-state index < -0.39 is 91.0 Å². The van der Waals surface area contributed by atoms with Gasteiger partial charge in [0.1, 0.15) is 31.0 Å². The molecule has 1 aliphatic carbocycles. The summed E-state index contributed by atoms with van der Waals surface area (Å²) in [5, 5.41) is 0. The van der Waals surface area contributed by atoms with E-state index >= 15 is 18.5 Å². The zero-order valence-corrected chi connectivity index (χ0v) is 64.6. The number of benzene rings is 6. The smallest absolute Gasteiger partial charge is 0.462 e. The van der Waals surface area contributed by atoms with E-state index in [9.17, 15) is 14.5 Å². The Balaban J connectivity index is 1.19. The van der Waals surface area contributed by atoms with Gasteiger partial charge in [-0.2, -0.15) is 0 Å². The highest BCUT2D eigenvalue weighted by Gasteiger charge is 2.60. The largest absolute Gasteiger partial charge is 0.475 e. The normalized spacial score (nSPS) is 17.1. The lowest BCUT2D eigenvalue weighted by atomic mass is 9.85. The van der Waals surface area contributed by atoms with Gasteiger partial charge in [0.05, 0.1) is 46.2 Å². The monoisotopic (exact) mass is 1510 g/mol. The van der Waals surface area contributed by atoms with Crippen LogP contribution >= 0.6 is 23.5 Å². The Morgan fingerprint density at radius 2 is 0.648 bits per heavy atom. The lowest BCUT2D eigenvalue weighted by Crippen LogP contribution is -2.64. The number of hydrogen-bond acceptors (Lipinski definition) is 18. The van der Waals surface area contributed by atoms with Crippen molar-refractivity contribution < 1.29 is 88.1 Å². The third-order valence-electron chi connectivity index (χ3n) is 18.2. The van der Waals surface area contributed by atoms with Crippen molar-refractivity contribution in [3.63, 3.8) is 0 Å². The van der Waals surface area contributed by atoms with Gasteiger partial charge in [-0.1, -0.05) is 350 Å². The molecule has 7 rings (SSSR count). The van der Waals surface area contributed by atoms with Gasteiger partial charge in [-0.05, 0) is 46.2 Å². The van der Waals surface area contributed by atoms with Gasteiger partial charge >= 0.3 is 35.4 Å². The third kappa shape index (κ3) is 35.4. The van der Waals surface area contributed by atoms with Crippen molar-refractivity contribution in [3.05, 3.63) is 215 Å². The van der Waals surface area contributed by atoms with Crippen molar-refractivity contribution in [2.75, 3.05) is 13.2 Å². The number of phosphoric ester groups is 3. The van der Waals surface area contributed by atoms with E-state index in [2.05, 4.69) is 13.8 Å². The van der Waals surface area contributed by atoms with Crippen LogP contribution in [0.5, 0.6) is 0 Å². The van der Waals surface area contributed by atoms with Crippen LogP contribution in [0.25, 0.3) is 0 Å². The molecule has 0 saturated heterocycles. The molecule has 22 heteroatoms. The van der Waals surface area contributed by atoms with Gasteiger partial charge in [-0.3, -0.25) is 50.6 Å². The average Bonchev–Trinajstić information content (AvgIpc) is 0.751. The molecule has 7 atom stereocenters. The first-order valence-electron chi connectivity index (χ1n) is 38.4. The number of unbranched alkanes of at least 4 members (excludes halogenated alkanes) is 24. The van der Waals surface area contributed by atoms with Crippen LogP contribution < -0.4 is 0 Å². The molecule has 1 N–H and O–H groups in total. The van der Waals surface area contributed by atoms with Crippen molar-refractivity contribution in [2.24, 2.45) is 0 Å². The number of carbonyl (C=O) groups is 3. The summed E-state index contributed by atoms with van der Waals surface area (Å²) in [6.45, 7) is 0.990. The summed E-state index contributed by atoms with van der Waals surface area (Å²) >= 11 is 0. The molecular weight excluding hydrogens is 1390 g/mol. The average molecular weight is 1510 g/mol. The molecule has 0 aliphatic heterocycles. The second-order valence-electron chi connectivity index (χ2n) is 27.0. The predicted octanol–water partition coefficient (Wildman–Crippen LogP) is 21.5. The number of rotatable bonds is 58. The molecule has 0 aromatic heterocycles. The number of ketones is 1. The molecule has 6 aromatic carbocycles. The quantitative estimate of drug-likeness (QED) is 0.0212. The Bertz CT molecular complexity index is 3340. The molecule has 0 amide bonds. The van der Waals surface area contributed by atoms with Gasteiger partial charge in [0.2, 0.25) is 0 Å². The highest BCUT2D eigenvalue weighted by Crippen LogP contribution is 2.59. The van der Waals surface area contributed by atoms with E-state index in [0.717, 1.165) is 51.4 Å². The van der Waals surface area contributed by atoms with Crippen LogP contribution in [0.2, 0.25) is 0 Å². The van der Waals surface area contributed by atoms with Crippen molar-refractivity contribution in [3.8, 4) is 0 Å². The molecule has 0 heterocycles. The lowest BCUT2D eigenvalue weighted by molar-refractivity contribution is -0.201. The van der Waals surface area contributed by atoms with Gasteiger partial charge < -0.3 is 23.8 Å². The van der Waals surface area contributed by atoms with Gasteiger partial charge in [0, 0.05) is 12.8 Å². The lowest BCUT2D eigenvalue weighted by Gasteiger charge is -2.45. The van der Waals surface area contributed by atoms with Crippen LogP contribution in [-0.4, -0.2) is 72.5 Å². The third-order valence-corrected chi connectivity index (χ3v) is 21.9. The maximum atomic E-state index is 16.0. The molecule has 6 aromatic rings. The number of esters is 2. The van der Waals surface area contributed by atoms with Crippen LogP contribution in [0, 0.1) is 0 Å². The van der Waals surface area contributed by atoms with Crippen molar-refractivity contribution in [1.29, 1.82) is 0 Å². The van der Waals surface area contributed by atoms with E-state index in [1.807, 2.05) is 0 Å². The molecule has 1 saturated carbocycles. The number of Topliss-reactive ketones (excluding diaryl/α,β-unsaturated/α-hetero) is 1. The summed E-state index contributed by atoms with van der Waals surface area (Å²) in [5.41, 5.74) is 3.31. The van der Waals surface area contributed by atoms with Crippen LogP contribution in [0.4, 0.5) is 0 Å². The molecule has 105 heavy (non-hydrogen) atoms. The number of phosphoric acid groups is 3. The molecule has 1 aliphatic rings. The summed E-state index contributed by atoms with van der Waals surface area (Å²) < 4.78 is 122. The van der Waals surface area contributed by atoms with Gasteiger partial charge in [-0.15, -0.1) is 0 Å². The topological polar surface area (TPSA) is 233 Å². The molecule has 0 bridgehead atoms. The van der Waals surface area contributed by atoms with E-state index in [1.165, 1.54) is 103 Å². The second kappa shape index (κ2) is 50.7. The Morgan fingerprint density at radius 1 is 0.343 bits per heavy atom. The van der Waals surface area contributed by atoms with Crippen LogP contribution in [0.1, 0.15) is 227 Å². The summed E-state index contributed by atoms with van der Waals surface area (Å²) in [6.07, 6.45) is 17.4. The summed E-state index contributed by atoms with van der Waals surface area (Å²) in [6, 6.07) is 52.6. The van der Waals surface area contributed by atoms with Crippen LogP contribution in [0.3, 0.4) is 0 Å². The first-order chi connectivity index (χ1) is 51.2. The van der Waals surface area contributed by atoms with Crippen LogP contribution in [-0.2, 0) is 123 Å². The Labute approximate surface area is 624 Å². The first kappa shape index (κ1) is 86.4. The summed E-state index contributed by atoms with van der Waals surface area (Å²) in [4.78, 5) is 55.3. The minimum absolute atomic E-state index is 0.0238. The fraction of sp³-hybridized carbons (Fsp3) is 0.530. The highest BCUT2D eigenvalue weighted by atomic mass is 31.2. The van der Waals surface area contributed by atoms with E-state index in [0.29, 0.717) is 46.2 Å². The minimum Gasteiger partial charge on any atom is -0.462 e. The van der Waals surface area contributed by atoms with E-state index in [4.69, 9.17) is 55.1 Å². The zero-order valence-electron chi connectivity index (χ0n) is 61.9. The van der Waals surface area contributed by atoms with Crippen molar-refractivity contribution in [1.82, 2.24) is 0 Å². The Kier molecular flexibility index (Phi) is 41.8. The second-order valence-corrected chi connectivity index (χ2v) is 31.7. The van der Waals surface area contributed by atoms with E-state index in [1.54, 1.807) is 182 Å². The molecule has 0 radical (unpaired) electrons. The maximum Gasteiger partial charge on any atom is 0.475 e. The number of carbonyl (C=O) groups excluding carboxylic acids is 3. The van der Waals surface area contributed by atoms with Crippen molar-refractivity contribution in [2.45, 2.75) is 270 Å². The van der Waals surface area contributed by atoms with Crippen molar-refractivity contribution >= 4 is 41.2 Å². The highest BCUT2D eigenvalue weighted by molar-refractivity contribution is 7.49. The van der Waals surface area contributed by atoms with E-state index in [-0.39, 0.29) is 52.5 Å². The standard InChI is InChI=1S/C83H115O19P3/c1-3-5-7-9-11-13-15-17-19-21-23-25-45-59-76(84)91-67-75(99-77(85)60-46-26-24-22-20-18-16-14-12-10-8-6-4-2)68-94-103(87,88)100-80-78(86)79(92-61-69-47-33-27-34-48-69)82(101-104(89,95-63-71-51-37-29-38-52-71)96-64-72-53-39-30-40-54-72)83(81(80)93-62-70-49-35-28-36-50-70)102-105(90,97-65-73-55-41-31-42-56-73)98-66-74-57-43-32-44-58-74/h27-44,47-58,75,79-83H,3-26,45-46,59-68H2,1-2H3,(H,87,88)/t75-,79?,80?,81?,82?,83?/m0/s1. The molecule has 0 spiro atoms. The predicted molar refractivity (Wildman–Crippen MR) is 407 cm³/mol. The van der Waals surface area contributed by atoms with Gasteiger partial charge in [-0.25, -0.2) is 13.7 Å². The fourth-order valence-electron chi connectivity index (χ4n) is 12.2. The first-order valence-corrected chi connectivity index (χ1v) is 42.8. The SMILES string of the molecule is CCCCCCCCCCCCCCCC(=O)OC[C@@H](COP(=O)(O)OC1C(=O)C(OCc2ccccc2)C(OP(=O)(OCc2ccccc2)OCc2ccccc2)C(OP(=O)(OCc2ccccc2)OCc2ccccc2)C1OCc1ccccc1)OC(=O)CCCCCCCCCCCCCCC. The maximum absolute atomic E-state index is 16.0. The Hall–Kier alpha value is -5.82. The molecule has 6 unspecified atom stereocenters. The zero-order chi connectivity index (χ0) is 74.3. The molecule has 1 fully saturated rings. The fourth-order valence-corrected chi connectivity index (χ4v) is 15.8. The van der Waals surface area contributed by atoms with Crippen LogP contribution in [0.15, 0.2) is 182 Å². The molecule has 576 valence electrons. The van der Waals surface area contributed by atoms with Gasteiger partial charge in [0.25, 0.3) is 0 Å². The Morgan fingerprint density at radius 3 is 1.00 bits per heavy atom. The van der Waals surface area contributed by atoms with Gasteiger partial charge in [0.15, 0.2) is 18.0 Å². The molecular formula is C83H115O19P3. The summed E-state index contributed by atoms with van der Waals surface area (Å²) in [5.74, 6) is -2.30. The minimum atomic E-state index is -5.63. The number of hydrogen-bond donors (Lipinski definition) is 1.